The fourth-order valence-corrected chi connectivity index (χ4v) is 3.09. The summed E-state index contributed by atoms with van der Waals surface area (Å²) >= 11 is -0.704. The fraction of sp³-hybridized carbons (Fsp3) is 0.333. The Hall–Kier alpha value is -1.37. The van der Waals surface area contributed by atoms with Gasteiger partial charge >= 0.3 is 0 Å². The molecule has 0 amide bonds. The van der Waals surface area contributed by atoms with Crippen LogP contribution in [0.25, 0.3) is 0 Å². The van der Waals surface area contributed by atoms with Crippen molar-refractivity contribution < 1.29 is 9.29 Å². The van der Waals surface area contributed by atoms with Gasteiger partial charge in [-0.3, -0.25) is 0 Å². The smallest absolute Gasteiger partial charge is 0.0932 e. The molecule has 0 fully saturated rings. The molecule has 0 spiro atoms. The van der Waals surface area contributed by atoms with Crippen LogP contribution in [0.3, 0.4) is 0 Å². The molecule has 1 N–H and O–H groups in total. The number of benzene rings is 1. The molecule has 0 bridgehead atoms. The van der Waals surface area contributed by atoms with E-state index in [-0.39, 0.29) is 6.61 Å². The van der Waals surface area contributed by atoms with E-state index >= 15 is 0 Å². The Morgan fingerprint density at radius 2 is 2.11 bits per heavy atom. The molecule has 0 aliphatic rings. The van der Waals surface area contributed by atoms with Gasteiger partial charge < -0.3 is 9.29 Å². The first-order valence-corrected chi connectivity index (χ1v) is 7.14. The van der Waals surface area contributed by atoms with E-state index in [1.807, 2.05) is 24.4 Å². The van der Waals surface area contributed by atoms with Crippen LogP contribution < -0.4 is 0 Å². The predicted octanol–water partition coefficient (Wildman–Crippen LogP) is 1.39. The monoisotopic (exact) mass is 267 g/mol. The standard InChI is InChI=1S/C12H17N3O2S/c1-17-18(12-5-3-2-4-6-12)10-11-9-15(7-8-16)14-13-11/h2-6,9,16,18H,7-8,10H2,1H3. The number of thiol groups is 1. The van der Waals surface area contributed by atoms with Crippen LogP contribution in [0.15, 0.2) is 41.4 Å². The summed E-state index contributed by atoms with van der Waals surface area (Å²) in [5.74, 6) is 0.737. The molecule has 6 heteroatoms. The molecule has 1 aromatic heterocycles. The van der Waals surface area contributed by atoms with Crippen molar-refractivity contribution in [2.45, 2.75) is 17.2 Å². The third-order valence-corrected chi connectivity index (χ3v) is 4.41. The number of hydrogen-bond acceptors (Lipinski definition) is 4. The summed E-state index contributed by atoms with van der Waals surface area (Å²) in [5, 5.41) is 16.9. The molecular weight excluding hydrogens is 250 g/mol. The fourth-order valence-electron chi connectivity index (χ4n) is 1.63. The van der Waals surface area contributed by atoms with Crippen LogP contribution in [0.4, 0.5) is 0 Å². The van der Waals surface area contributed by atoms with Gasteiger partial charge in [-0.05, 0) is 12.1 Å². The second-order valence-corrected chi connectivity index (χ2v) is 5.71. The summed E-state index contributed by atoms with van der Waals surface area (Å²) in [6.45, 7) is 0.545. The molecule has 1 heterocycles. The van der Waals surface area contributed by atoms with Gasteiger partial charge in [-0.2, -0.15) is 0 Å². The number of aliphatic hydroxyl groups is 1. The van der Waals surface area contributed by atoms with E-state index < -0.39 is 11.2 Å². The largest absolute Gasteiger partial charge is 0.394 e. The molecule has 0 saturated carbocycles. The third-order valence-electron chi connectivity index (χ3n) is 2.49. The highest BCUT2D eigenvalue weighted by Crippen LogP contribution is 2.38. The molecule has 1 atom stereocenters. The van der Waals surface area contributed by atoms with E-state index in [0.717, 1.165) is 11.4 Å². The molecule has 0 aliphatic carbocycles. The SMILES string of the molecule is CO[SH](Cc1cn(CCO)nn1)c1ccccc1. The second-order valence-electron chi connectivity index (χ2n) is 3.75. The van der Waals surface area contributed by atoms with Crippen molar-refractivity contribution in [1.29, 1.82) is 0 Å². The second kappa shape index (κ2) is 6.53. The minimum atomic E-state index is -0.704. The summed E-state index contributed by atoms with van der Waals surface area (Å²) in [6.07, 6.45) is 1.85. The zero-order valence-electron chi connectivity index (χ0n) is 10.2. The van der Waals surface area contributed by atoms with Crippen LogP contribution in [0.2, 0.25) is 0 Å². The normalized spacial score (nSPS) is 13.6. The quantitative estimate of drug-likeness (QED) is 0.777. The zero-order valence-corrected chi connectivity index (χ0v) is 11.1. The summed E-state index contributed by atoms with van der Waals surface area (Å²) in [5.41, 5.74) is 0.889. The molecule has 1 unspecified atom stereocenters. The Bertz CT molecular complexity index is 475. The zero-order chi connectivity index (χ0) is 12.8. The summed E-state index contributed by atoms with van der Waals surface area (Å²) in [7, 11) is 1.72. The van der Waals surface area contributed by atoms with Crippen LogP contribution in [0, 0.1) is 0 Å². The molecule has 0 radical (unpaired) electrons. The highest BCUT2D eigenvalue weighted by molar-refractivity contribution is 8.12. The van der Waals surface area contributed by atoms with E-state index in [1.54, 1.807) is 11.8 Å². The average Bonchev–Trinajstić information content (AvgIpc) is 2.85. The lowest BCUT2D eigenvalue weighted by Crippen LogP contribution is -2.02. The first-order valence-electron chi connectivity index (χ1n) is 5.70. The summed E-state index contributed by atoms with van der Waals surface area (Å²) in [4.78, 5) is 1.19. The van der Waals surface area contributed by atoms with Gasteiger partial charge in [0.05, 0.1) is 18.8 Å². The molecule has 2 aromatic rings. The van der Waals surface area contributed by atoms with Crippen LogP contribution in [0.5, 0.6) is 0 Å². The van der Waals surface area contributed by atoms with Gasteiger partial charge in [0.25, 0.3) is 0 Å². The minimum absolute atomic E-state index is 0.0700. The molecule has 18 heavy (non-hydrogen) atoms. The Kier molecular flexibility index (Phi) is 4.74. The van der Waals surface area contributed by atoms with Gasteiger partial charge in [-0.15, -0.1) is 16.3 Å². The highest BCUT2D eigenvalue weighted by atomic mass is 32.2. The number of hydrogen-bond donors (Lipinski definition) is 2. The minimum Gasteiger partial charge on any atom is -0.394 e. The highest BCUT2D eigenvalue weighted by Gasteiger charge is 2.09. The lowest BCUT2D eigenvalue weighted by molar-refractivity contribution is 0.268. The topological polar surface area (TPSA) is 60.2 Å². The molecule has 5 nitrogen and oxygen atoms in total. The van der Waals surface area contributed by atoms with E-state index in [4.69, 9.17) is 9.29 Å². The van der Waals surface area contributed by atoms with Gasteiger partial charge in [0.1, 0.15) is 0 Å². The predicted molar refractivity (Wildman–Crippen MR) is 71.5 cm³/mol. The van der Waals surface area contributed by atoms with E-state index in [1.165, 1.54) is 4.90 Å². The van der Waals surface area contributed by atoms with E-state index in [2.05, 4.69) is 22.4 Å². The van der Waals surface area contributed by atoms with Crippen molar-refractivity contribution in [3.8, 4) is 0 Å². The maximum Gasteiger partial charge on any atom is 0.0932 e. The van der Waals surface area contributed by atoms with Crippen LogP contribution in [-0.4, -0.2) is 33.8 Å². The van der Waals surface area contributed by atoms with Gasteiger partial charge in [0.15, 0.2) is 0 Å². The van der Waals surface area contributed by atoms with Crippen molar-refractivity contribution in [3.05, 3.63) is 42.2 Å². The van der Waals surface area contributed by atoms with E-state index in [0.29, 0.717) is 6.54 Å². The van der Waals surface area contributed by atoms with E-state index in [9.17, 15) is 0 Å². The molecule has 98 valence electrons. The lowest BCUT2D eigenvalue weighted by atomic mass is 10.4. The summed E-state index contributed by atoms with van der Waals surface area (Å²) in [6, 6.07) is 10.1. The van der Waals surface area contributed by atoms with Crippen molar-refractivity contribution in [1.82, 2.24) is 15.0 Å². The number of aromatic nitrogens is 3. The molecular formula is C12H17N3O2S. The maximum absolute atomic E-state index is 8.83. The van der Waals surface area contributed by atoms with Gasteiger partial charge in [-0.1, -0.05) is 23.4 Å². The molecule has 2 rings (SSSR count). The van der Waals surface area contributed by atoms with Crippen molar-refractivity contribution in [3.63, 3.8) is 0 Å². The Morgan fingerprint density at radius 3 is 2.78 bits per heavy atom. The molecule has 0 aliphatic heterocycles. The average molecular weight is 267 g/mol. The molecule has 0 saturated heterocycles. The Balaban J connectivity index is 2.06. The van der Waals surface area contributed by atoms with Crippen molar-refractivity contribution in [2.24, 2.45) is 0 Å². The van der Waals surface area contributed by atoms with Gasteiger partial charge in [0, 0.05) is 24.0 Å². The summed E-state index contributed by atoms with van der Waals surface area (Å²) < 4.78 is 7.19. The lowest BCUT2D eigenvalue weighted by Gasteiger charge is -2.18. The number of rotatable bonds is 6. The van der Waals surface area contributed by atoms with Crippen molar-refractivity contribution >= 4 is 11.2 Å². The van der Waals surface area contributed by atoms with Crippen LogP contribution >= 0.6 is 11.2 Å². The van der Waals surface area contributed by atoms with Crippen LogP contribution in [0.1, 0.15) is 5.69 Å². The maximum atomic E-state index is 8.83. The Morgan fingerprint density at radius 1 is 1.33 bits per heavy atom. The van der Waals surface area contributed by atoms with Gasteiger partial charge in [0.2, 0.25) is 0 Å². The first kappa shape index (κ1) is 13.1. The van der Waals surface area contributed by atoms with Crippen LogP contribution in [-0.2, 0) is 16.5 Å². The van der Waals surface area contributed by atoms with Gasteiger partial charge in [-0.25, -0.2) is 4.68 Å². The first-order chi connectivity index (χ1) is 8.83. The van der Waals surface area contributed by atoms with Crippen molar-refractivity contribution in [2.75, 3.05) is 13.7 Å². The number of nitrogens with zero attached hydrogens (tertiary/aromatic N) is 3. The number of aliphatic hydroxyl groups excluding tert-OH is 1. The third kappa shape index (κ3) is 3.32. The Labute approximate surface area is 109 Å². The molecule has 1 aromatic carbocycles.